The van der Waals surface area contributed by atoms with Gasteiger partial charge in [-0.05, 0) is 36.7 Å². The largest absolute Gasteiger partial charge is 0.493 e. The van der Waals surface area contributed by atoms with Crippen molar-refractivity contribution in [2.45, 2.75) is 13.0 Å². The summed E-state index contributed by atoms with van der Waals surface area (Å²) in [6, 6.07) is 9.88. The molecule has 0 aliphatic carbocycles. The van der Waals surface area contributed by atoms with Gasteiger partial charge in [-0.15, -0.1) is 0 Å². The van der Waals surface area contributed by atoms with Crippen molar-refractivity contribution in [2.75, 3.05) is 27.6 Å². The van der Waals surface area contributed by atoms with Gasteiger partial charge < -0.3 is 24.3 Å². The lowest BCUT2D eigenvalue weighted by Gasteiger charge is -2.13. The van der Waals surface area contributed by atoms with Crippen molar-refractivity contribution in [2.24, 2.45) is 0 Å². The lowest BCUT2D eigenvalue weighted by molar-refractivity contribution is 0.174. The summed E-state index contributed by atoms with van der Waals surface area (Å²) in [5.74, 6) is 3.12. The summed E-state index contributed by atoms with van der Waals surface area (Å²) in [4.78, 5) is 0. The van der Waals surface area contributed by atoms with Gasteiger partial charge >= 0.3 is 0 Å². The van der Waals surface area contributed by atoms with Crippen molar-refractivity contribution in [3.05, 3.63) is 45.9 Å². The summed E-state index contributed by atoms with van der Waals surface area (Å²) in [5, 5.41) is 3.44. The van der Waals surface area contributed by atoms with E-state index in [0.717, 1.165) is 46.0 Å². The summed E-state index contributed by atoms with van der Waals surface area (Å²) in [6.45, 7) is 1.83. The highest BCUT2D eigenvalue weighted by Gasteiger charge is 2.16. The third-order valence-corrected chi connectivity index (χ3v) is 4.65. The van der Waals surface area contributed by atoms with Crippen LogP contribution in [0.5, 0.6) is 23.0 Å². The van der Waals surface area contributed by atoms with E-state index in [4.69, 9.17) is 18.9 Å². The van der Waals surface area contributed by atoms with Crippen LogP contribution in [0, 0.1) is 0 Å². The second-order valence-electron chi connectivity index (χ2n) is 5.38. The number of benzene rings is 2. The topological polar surface area (TPSA) is 49.0 Å². The van der Waals surface area contributed by atoms with Crippen LogP contribution < -0.4 is 24.3 Å². The minimum Gasteiger partial charge on any atom is -0.493 e. The summed E-state index contributed by atoms with van der Waals surface area (Å²) in [5.41, 5.74) is 2.26. The maximum absolute atomic E-state index is 5.45. The molecule has 6 heteroatoms. The van der Waals surface area contributed by atoms with E-state index in [1.165, 1.54) is 5.56 Å². The molecule has 128 valence electrons. The molecule has 24 heavy (non-hydrogen) atoms. The minimum absolute atomic E-state index is 0.291. The average molecular weight is 394 g/mol. The zero-order valence-electron chi connectivity index (χ0n) is 13.7. The number of halogens is 1. The maximum Gasteiger partial charge on any atom is 0.231 e. The lowest BCUT2D eigenvalue weighted by Crippen LogP contribution is -2.17. The molecule has 0 atom stereocenters. The Hall–Kier alpha value is -1.92. The zero-order chi connectivity index (χ0) is 16.9. The number of ether oxygens (including phenoxy) is 4. The summed E-state index contributed by atoms with van der Waals surface area (Å²) in [7, 11) is 3.30. The first-order valence-electron chi connectivity index (χ1n) is 7.71. The fourth-order valence-corrected chi connectivity index (χ4v) is 3.21. The third-order valence-electron chi connectivity index (χ3n) is 3.91. The SMILES string of the molecule is COc1cccc(CNCCc2cc3c(cc2Br)OCO3)c1OC. The second kappa shape index (κ2) is 7.77. The van der Waals surface area contributed by atoms with E-state index in [2.05, 4.69) is 21.2 Å². The van der Waals surface area contributed by atoms with Crippen LogP contribution >= 0.6 is 15.9 Å². The van der Waals surface area contributed by atoms with Gasteiger partial charge in [0.05, 0.1) is 14.2 Å². The van der Waals surface area contributed by atoms with Crippen molar-refractivity contribution in [3.63, 3.8) is 0 Å². The first kappa shape index (κ1) is 16.9. The highest BCUT2D eigenvalue weighted by Crippen LogP contribution is 2.37. The molecule has 0 saturated heterocycles. The van der Waals surface area contributed by atoms with Gasteiger partial charge in [0.15, 0.2) is 23.0 Å². The van der Waals surface area contributed by atoms with E-state index in [0.29, 0.717) is 13.3 Å². The lowest BCUT2D eigenvalue weighted by atomic mass is 10.1. The monoisotopic (exact) mass is 393 g/mol. The van der Waals surface area contributed by atoms with Crippen LogP contribution in [-0.2, 0) is 13.0 Å². The molecule has 0 bridgehead atoms. The van der Waals surface area contributed by atoms with E-state index < -0.39 is 0 Å². The highest BCUT2D eigenvalue weighted by molar-refractivity contribution is 9.10. The Kier molecular flexibility index (Phi) is 5.48. The van der Waals surface area contributed by atoms with Crippen LogP contribution in [0.25, 0.3) is 0 Å². The van der Waals surface area contributed by atoms with Gasteiger partial charge in [-0.3, -0.25) is 0 Å². The smallest absolute Gasteiger partial charge is 0.231 e. The maximum atomic E-state index is 5.45. The molecule has 2 aromatic rings. The van der Waals surface area contributed by atoms with Crippen LogP contribution in [0.1, 0.15) is 11.1 Å². The van der Waals surface area contributed by atoms with Gasteiger partial charge in [-0.2, -0.15) is 0 Å². The van der Waals surface area contributed by atoms with E-state index in [9.17, 15) is 0 Å². The van der Waals surface area contributed by atoms with Gasteiger partial charge in [-0.1, -0.05) is 28.1 Å². The van der Waals surface area contributed by atoms with E-state index >= 15 is 0 Å². The Morgan fingerprint density at radius 2 is 1.88 bits per heavy atom. The molecule has 1 aliphatic rings. The molecule has 1 N–H and O–H groups in total. The number of rotatable bonds is 7. The average Bonchev–Trinajstić information content (AvgIpc) is 3.05. The van der Waals surface area contributed by atoms with Crippen LogP contribution in [0.2, 0.25) is 0 Å². The van der Waals surface area contributed by atoms with E-state index in [-0.39, 0.29) is 0 Å². The fraction of sp³-hybridized carbons (Fsp3) is 0.333. The number of para-hydroxylation sites is 1. The Morgan fingerprint density at radius 3 is 2.62 bits per heavy atom. The fourth-order valence-electron chi connectivity index (χ4n) is 2.69. The summed E-state index contributed by atoms with van der Waals surface area (Å²) >= 11 is 3.59. The van der Waals surface area contributed by atoms with E-state index in [1.54, 1.807) is 14.2 Å². The molecule has 0 amide bonds. The first-order valence-corrected chi connectivity index (χ1v) is 8.51. The summed E-state index contributed by atoms with van der Waals surface area (Å²) < 4.78 is 22.6. The molecular weight excluding hydrogens is 374 g/mol. The quantitative estimate of drug-likeness (QED) is 0.729. The molecule has 0 spiro atoms. The van der Waals surface area contributed by atoms with Crippen molar-refractivity contribution in [1.82, 2.24) is 5.32 Å². The predicted molar refractivity (Wildman–Crippen MR) is 95.2 cm³/mol. The molecule has 3 rings (SSSR count). The molecule has 0 saturated carbocycles. The number of hydrogen-bond acceptors (Lipinski definition) is 5. The Balaban J connectivity index is 1.58. The van der Waals surface area contributed by atoms with Gasteiger partial charge in [0.25, 0.3) is 0 Å². The molecule has 0 radical (unpaired) electrons. The number of nitrogens with one attached hydrogen (secondary N) is 1. The van der Waals surface area contributed by atoms with Crippen molar-refractivity contribution >= 4 is 15.9 Å². The zero-order valence-corrected chi connectivity index (χ0v) is 15.3. The molecule has 1 heterocycles. The van der Waals surface area contributed by atoms with Crippen LogP contribution in [-0.4, -0.2) is 27.6 Å². The van der Waals surface area contributed by atoms with Gasteiger partial charge in [-0.25, -0.2) is 0 Å². The molecule has 5 nitrogen and oxygen atoms in total. The van der Waals surface area contributed by atoms with Crippen LogP contribution in [0.4, 0.5) is 0 Å². The molecule has 2 aromatic carbocycles. The number of methoxy groups -OCH3 is 2. The van der Waals surface area contributed by atoms with Crippen molar-refractivity contribution < 1.29 is 18.9 Å². The summed E-state index contributed by atoms with van der Waals surface area (Å²) in [6.07, 6.45) is 0.878. The standard InChI is InChI=1S/C18H20BrNO4/c1-21-15-5-3-4-13(18(15)22-2)10-20-7-6-12-8-16-17(9-14(12)19)24-11-23-16/h3-5,8-9,20H,6-7,10-11H2,1-2H3. The van der Waals surface area contributed by atoms with Crippen molar-refractivity contribution in [3.8, 4) is 23.0 Å². The Bertz CT molecular complexity index is 720. The van der Waals surface area contributed by atoms with E-state index in [1.807, 2.05) is 30.3 Å². The normalized spacial score (nSPS) is 12.3. The Morgan fingerprint density at radius 1 is 1.08 bits per heavy atom. The molecular formula is C18H20BrNO4. The van der Waals surface area contributed by atoms with Gasteiger partial charge in [0.1, 0.15) is 0 Å². The predicted octanol–water partition coefficient (Wildman–Crippen LogP) is 3.53. The van der Waals surface area contributed by atoms with Crippen molar-refractivity contribution in [1.29, 1.82) is 0 Å². The molecule has 0 fully saturated rings. The number of fused-ring (bicyclic) bond motifs is 1. The van der Waals surface area contributed by atoms with Gasteiger partial charge in [0, 0.05) is 16.6 Å². The molecule has 0 aromatic heterocycles. The first-order chi connectivity index (χ1) is 11.7. The number of hydrogen-bond donors (Lipinski definition) is 1. The minimum atomic E-state index is 0.291. The van der Waals surface area contributed by atoms with Crippen LogP contribution in [0.15, 0.2) is 34.8 Å². The van der Waals surface area contributed by atoms with Gasteiger partial charge in [0.2, 0.25) is 6.79 Å². The Labute approximate surface area is 150 Å². The molecule has 0 unspecified atom stereocenters. The van der Waals surface area contributed by atoms with Crippen LogP contribution in [0.3, 0.4) is 0 Å². The third kappa shape index (κ3) is 3.60. The highest BCUT2D eigenvalue weighted by atomic mass is 79.9. The molecule has 1 aliphatic heterocycles. The second-order valence-corrected chi connectivity index (χ2v) is 6.23.